The van der Waals surface area contributed by atoms with Crippen LogP contribution in [0.1, 0.15) is 19.8 Å². The highest BCUT2D eigenvalue weighted by Gasteiger charge is 2.19. The van der Waals surface area contributed by atoms with Crippen LogP contribution in [0.2, 0.25) is 0 Å². The molecule has 0 unspecified atom stereocenters. The first-order valence-electron chi connectivity index (χ1n) is 4.96. The average Bonchev–Trinajstić information content (AvgIpc) is 2.19. The van der Waals surface area contributed by atoms with E-state index in [1.165, 1.54) is 0 Å². The van der Waals surface area contributed by atoms with Gasteiger partial charge in [-0.3, -0.25) is 4.79 Å². The number of carbonyl (C=O) groups excluding carboxylic acids is 1. The second-order valence-electron chi connectivity index (χ2n) is 3.55. The van der Waals surface area contributed by atoms with Crippen molar-refractivity contribution in [2.45, 2.75) is 25.8 Å². The third-order valence-corrected chi connectivity index (χ3v) is 2.99. The van der Waals surface area contributed by atoms with Crippen molar-refractivity contribution < 1.29 is 7.86 Å². The SMILES string of the molecule is CC(=O)N1CCC(NCCOI)CC1. The fourth-order valence-corrected chi connectivity index (χ4v) is 1.92. The van der Waals surface area contributed by atoms with Gasteiger partial charge in [0.05, 0.1) is 6.61 Å². The fourth-order valence-electron chi connectivity index (χ4n) is 1.70. The molecule has 82 valence electrons. The van der Waals surface area contributed by atoms with E-state index in [9.17, 15) is 4.79 Å². The van der Waals surface area contributed by atoms with E-state index in [1.54, 1.807) is 6.92 Å². The van der Waals surface area contributed by atoms with Gasteiger partial charge in [-0.25, -0.2) is 0 Å². The van der Waals surface area contributed by atoms with E-state index in [0.29, 0.717) is 6.04 Å². The molecule has 0 aromatic carbocycles. The van der Waals surface area contributed by atoms with Gasteiger partial charge in [0.25, 0.3) is 0 Å². The fraction of sp³-hybridized carbons (Fsp3) is 0.889. The van der Waals surface area contributed by atoms with Crippen LogP contribution in [0.15, 0.2) is 0 Å². The Morgan fingerprint density at radius 2 is 2.21 bits per heavy atom. The standard InChI is InChI=1S/C9H17IN2O2/c1-8(13)12-5-2-9(3-6-12)11-4-7-14-10/h9,11H,2-7H2,1H3. The number of nitrogens with one attached hydrogen (secondary N) is 1. The molecular weight excluding hydrogens is 295 g/mol. The summed E-state index contributed by atoms with van der Waals surface area (Å²) in [6.45, 7) is 5.05. The van der Waals surface area contributed by atoms with Gasteiger partial charge in [-0.1, -0.05) is 0 Å². The summed E-state index contributed by atoms with van der Waals surface area (Å²) in [5.41, 5.74) is 0. The van der Waals surface area contributed by atoms with Gasteiger partial charge in [-0.05, 0) is 12.8 Å². The molecule has 0 radical (unpaired) electrons. The third kappa shape index (κ3) is 4.10. The summed E-state index contributed by atoms with van der Waals surface area (Å²) in [5, 5.41) is 3.41. The van der Waals surface area contributed by atoms with E-state index in [1.807, 2.05) is 27.9 Å². The quantitative estimate of drug-likeness (QED) is 0.621. The summed E-state index contributed by atoms with van der Waals surface area (Å²) in [7, 11) is 0. The molecule has 5 heteroatoms. The molecule has 0 aliphatic carbocycles. The lowest BCUT2D eigenvalue weighted by Gasteiger charge is -2.31. The van der Waals surface area contributed by atoms with Crippen LogP contribution in [-0.2, 0) is 7.86 Å². The molecule has 1 aliphatic rings. The number of carbonyl (C=O) groups is 1. The maximum Gasteiger partial charge on any atom is 0.219 e. The van der Waals surface area contributed by atoms with E-state index in [4.69, 9.17) is 3.07 Å². The van der Waals surface area contributed by atoms with Crippen molar-refractivity contribution in [3.63, 3.8) is 0 Å². The lowest BCUT2D eigenvalue weighted by molar-refractivity contribution is -0.129. The minimum absolute atomic E-state index is 0.194. The molecule has 0 spiro atoms. The molecule has 0 saturated carbocycles. The number of rotatable bonds is 4. The number of piperidine rings is 1. The topological polar surface area (TPSA) is 41.6 Å². The molecule has 1 N–H and O–H groups in total. The zero-order chi connectivity index (χ0) is 10.4. The van der Waals surface area contributed by atoms with Crippen molar-refractivity contribution in [1.29, 1.82) is 0 Å². The summed E-state index contributed by atoms with van der Waals surface area (Å²) in [4.78, 5) is 13.0. The first-order valence-corrected chi connectivity index (χ1v) is 5.84. The summed E-state index contributed by atoms with van der Waals surface area (Å²) in [6.07, 6.45) is 2.11. The van der Waals surface area contributed by atoms with Gasteiger partial charge in [0.1, 0.15) is 23.0 Å². The Hall–Kier alpha value is 0.120. The summed E-state index contributed by atoms with van der Waals surface area (Å²) in [6, 6.07) is 0.553. The van der Waals surface area contributed by atoms with Crippen LogP contribution >= 0.6 is 23.0 Å². The Bertz CT molecular complexity index is 182. The van der Waals surface area contributed by atoms with Gasteiger partial charge in [-0.15, -0.1) is 0 Å². The molecule has 1 saturated heterocycles. The van der Waals surface area contributed by atoms with Crippen LogP contribution in [-0.4, -0.2) is 43.1 Å². The van der Waals surface area contributed by atoms with Crippen LogP contribution in [0.5, 0.6) is 0 Å². The average molecular weight is 312 g/mol. The number of hydrogen-bond donors (Lipinski definition) is 1. The zero-order valence-electron chi connectivity index (χ0n) is 8.46. The lowest BCUT2D eigenvalue weighted by Crippen LogP contribution is -2.44. The highest BCUT2D eigenvalue weighted by Crippen LogP contribution is 2.09. The molecular formula is C9H17IN2O2. The lowest BCUT2D eigenvalue weighted by atomic mass is 10.1. The second-order valence-corrected chi connectivity index (χ2v) is 4.17. The Balaban J connectivity index is 2.12. The molecule has 1 rings (SSSR count). The smallest absolute Gasteiger partial charge is 0.219 e. The second kappa shape index (κ2) is 6.58. The third-order valence-electron chi connectivity index (χ3n) is 2.55. The number of amides is 1. The van der Waals surface area contributed by atoms with Crippen molar-refractivity contribution in [3.05, 3.63) is 0 Å². The van der Waals surface area contributed by atoms with E-state index < -0.39 is 0 Å². The van der Waals surface area contributed by atoms with Crippen LogP contribution < -0.4 is 5.32 Å². The number of halogens is 1. The minimum atomic E-state index is 0.194. The first-order chi connectivity index (χ1) is 6.74. The highest BCUT2D eigenvalue weighted by molar-refractivity contribution is 14.1. The zero-order valence-corrected chi connectivity index (χ0v) is 10.6. The van der Waals surface area contributed by atoms with Crippen molar-refractivity contribution in [2.24, 2.45) is 0 Å². The largest absolute Gasteiger partial charge is 0.343 e. The van der Waals surface area contributed by atoms with Gasteiger partial charge in [0.15, 0.2) is 0 Å². The summed E-state index contributed by atoms with van der Waals surface area (Å²) in [5.74, 6) is 0.194. The van der Waals surface area contributed by atoms with E-state index in [0.717, 1.165) is 39.1 Å². The monoisotopic (exact) mass is 312 g/mol. The Morgan fingerprint density at radius 3 is 2.71 bits per heavy atom. The molecule has 4 nitrogen and oxygen atoms in total. The van der Waals surface area contributed by atoms with Crippen molar-refractivity contribution in [1.82, 2.24) is 10.2 Å². The molecule has 1 amide bonds. The molecule has 0 atom stereocenters. The Kier molecular flexibility index (Phi) is 5.73. The van der Waals surface area contributed by atoms with E-state index in [-0.39, 0.29) is 5.91 Å². The van der Waals surface area contributed by atoms with Crippen LogP contribution in [0.4, 0.5) is 0 Å². The van der Waals surface area contributed by atoms with E-state index in [2.05, 4.69) is 5.32 Å². The molecule has 14 heavy (non-hydrogen) atoms. The molecule has 0 bridgehead atoms. The molecule has 1 fully saturated rings. The maximum absolute atomic E-state index is 11.1. The summed E-state index contributed by atoms with van der Waals surface area (Å²) >= 11 is 1.90. The van der Waals surface area contributed by atoms with E-state index >= 15 is 0 Å². The van der Waals surface area contributed by atoms with Gasteiger partial charge in [0, 0.05) is 32.6 Å². The predicted octanol–water partition coefficient (Wildman–Crippen LogP) is 0.954. The van der Waals surface area contributed by atoms with Crippen molar-refractivity contribution in [3.8, 4) is 0 Å². The van der Waals surface area contributed by atoms with Crippen molar-refractivity contribution >= 4 is 28.9 Å². The Labute approximate surface area is 99.1 Å². The maximum atomic E-state index is 11.1. The molecule has 1 aliphatic heterocycles. The van der Waals surface area contributed by atoms with Crippen molar-refractivity contribution in [2.75, 3.05) is 26.2 Å². The number of nitrogens with zero attached hydrogens (tertiary/aromatic N) is 1. The van der Waals surface area contributed by atoms with Crippen LogP contribution in [0.3, 0.4) is 0 Å². The number of hydrogen-bond acceptors (Lipinski definition) is 3. The van der Waals surface area contributed by atoms with Gasteiger partial charge in [0.2, 0.25) is 5.91 Å². The summed E-state index contributed by atoms with van der Waals surface area (Å²) < 4.78 is 4.94. The predicted molar refractivity (Wildman–Crippen MR) is 63.3 cm³/mol. The molecule has 0 aromatic heterocycles. The van der Waals surface area contributed by atoms with Crippen LogP contribution in [0.25, 0.3) is 0 Å². The van der Waals surface area contributed by atoms with Crippen LogP contribution in [0, 0.1) is 0 Å². The van der Waals surface area contributed by atoms with Gasteiger partial charge >= 0.3 is 0 Å². The molecule has 1 heterocycles. The molecule has 0 aromatic rings. The highest BCUT2D eigenvalue weighted by atomic mass is 127. The Morgan fingerprint density at radius 1 is 1.57 bits per heavy atom. The van der Waals surface area contributed by atoms with Gasteiger partial charge in [-0.2, -0.15) is 0 Å². The van der Waals surface area contributed by atoms with Gasteiger partial charge < -0.3 is 13.3 Å². The number of likely N-dealkylation sites (tertiary alicyclic amines) is 1. The normalized spacial score (nSPS) is 18.6. The first kappa shape index (κ1) is 12.2. The minimum Gasteiger partial charge on any atom is -0.343 e.